The molecule has 2 nitrogen and oxygen atoms in total. The molecule has 0 saturated carbocycles. The minimum absolute atomic E-state index is 0.0255. The average Bonchev–Trinajstić information content (AvgIpc) is 2.67. The zero-order valence-corrected chi connectivity index (χ0v) is 16.9. The van der Waals surface area contributed by atoms with Gasteiger partial charge in [-0.05, 0) is 29.7 Å². The molecule has 0 aromatic heterocycles. The van der Waals surface area contributed by atoms with Crippen LogP contribution in [-0.2, 0) is 18.7 Å². The van der Waals surface area contributed by atoms with E-state index in [1.54, 1.807) is 12.1 Å². The molecule has 0 fully saturated rings. The van der Waals surface area contributed by atoms with Crippen molar-refractivity contribution in [3.63, 3.8) is 0 Å². The molecule has 176 valence electrons. The Labute approximate surface area is 183 Å². The molecule has 0 aliphatic carbocycles. The van der Waals surface area contributed by atoms with Crippen LogP contribution >= 0.6 is 0 Å². The van der Waals surface area contributed by atoms with E-state index < -0.39 is 57.9 Å². The lowest BCUT2D eigenvalue weighted by molar-refractivity contribution is -0.189. The number of alkyl halides is 5. The van der Waals surface area contributed by atoms with Crippen LogP contribution in [0.1, 0.15) is 30.0 Å². The number of halogens is 8. The van der Waals surface area contributed by atoms with Gasteiger partial charge in [0.1, 0.15) is 28.7 Å². The van der Waals surface area contributed by atoms with Gasteiger partial charge in [0.15, 0.2) is 5.82 Å². The van der Waals surface area contributed by atoms with Crippen molar-refractivity contribution in [3.8, 4) is 22.6 Å². The second-order valence-corrected chi connectivity index (χ2v) is 7.15. The molecule has 3 aromatic rings. The van der Waals surface area contributed by atoms with E-state index in [-0.39, 0.29) is 23.8 Å². The fourth-order valence-electron chi connectivity index (χ4n) is 3.26. The molecule has 0 radical (unpaired) electrons. The van der Waals surface area contributed by atoms with Crippen molar-refractivity contribution in [2.75, 3.05) is 0 Å². The highest BCUT2D eigenvalue weighted by Crippen LogP contribution is 2.43. The summed E-state index contributed by atoms with van der Waals surface area (Å²) in [7, 11) is 0. The highest BCUT2D eigenvalue weighted by molar-refractivity contribution is 5.72. The highest BCUT2D eigenvalue weighted by atomic mass is 19.4. The zero-order valence-electron chi connectivity index (χ0n) is 16.9. The largest absolute Gasteiger partial charge is 0.507 e. The van der Waals surface area contributed by atoms with Crippen molar-refractivity contribution in [1.29, 1.82) is 0 Å². The molecule has 0 atom stereocenters. The number of rotatable bonds is 6. The van der Waals surface area contributed by atoms with Crippen molar-refractivity contribution in [3.05, 3.63) is 82.7 Å². The van der Waals surface area contributed by atoms with Gasteiger partial charge in [0, 0.05) is 12.1 Å². The molecule has 0 spiro atoms. The highest BCUT2D eigenvalue weighted by Gasteiger charge is 2.43. The summed E-state index contributed by atoms with van der Waals surface area (Å²) in [5.74, 6) is -7.66. The van der Waals surface area contributed by atoms with E-state index in [1.807, 2.05) is 6.92 Å². The van der Waals surface area contributed by atoms with E-state index in [9.17, 15) is 35.8 Å². The number of benzene rings is 3. The lowest BCUT2D eigenvalue weighted by Gasteiger charge is -2.21. The molecule has 0 saturated heterocycles. The molecule has 0 amide bonds. The first kappa shape index (κ1) is 24.3. The quantitative estimate of drug-likeness (QED) is 0.372. The van der Waals surface area contributed by atoms with Gasteiger partial charge in [-0.15, -0.1) is 0 Å². The van der Waals surface area contributed by atoms with Crippen LogP contribution < -0.4 is 4.74 Å². The third-order valence-corrected chi connectivity index (χ3v) is 4.76. The van der Waals surface area contributed by atoms with E-state index in [4.69, 9.17) is 0 Å². The Morgan fingerprint density at radius 2 is 1.48 bits per heavy atom. The number of hydrogen-bond acceptors (Lipinski definition) is 2. The minimum atomic E-state index is -5.08. The van der Waals surface area contributed by atoms with Gasteiger partial charge >= 0.3 is 12.3 Å². The Kier molecular flexibility index (Phi) is 6.58. The molecule has 3 rings (SSSR count). The molecule has 10 heteroatoms. The molecule has 0 aliphatic heterocycles. The maximum absolute atomic E-state index is 15.0. The SMILES string of the molecule is CCCc1ccc(-c2c(O)cc(F)c(C(F)(F)Oc3ccc(C(F)(F)F)c(F)c3)c2F)cc1. The molecular weight excluding hydrogens is 460 g/mol. The smallest absolute Gasteiger partial charge is 0.432 e. The van der Waals surface area contributed by atoms with Gasteiger partial charge in [-0.25, -0.2) is 13.2 Å². The van der Waals surface area contributed by atoms with E-state index in [0.717, 1.165) is 12.0 Å². The zero-order chi connectivity index (χ0) is 24.6. The van der Waals surface area contributed by atoms with Crippen molar-refractivity contribution < 1.29 is 45.0 Å². The van der Waals surface area contributed by atoms with Crippen LogP contribution in [0.5, 0.6) is 11.5 Å². The summed E-state index contributed by atoms with van der Waals surface area (Å²) in [6, 6.07) is 6.72. The predicted molar refractivity (Wildman–Crippen MR) is 103 cm³/mol. The number of phenols is 1. The first-order valence-corrected chi connectivity index (χ1v) is 9.59. The fourth-order valence-corrected chi connectivity index (χ4v) is 3.26. The van der Waals surface area contributed by atoms with Crippen LogP contribution in [0.3, 0.4) is 0 Å². The van der Waals surface area contributed by atoms with E-state index >= 15 is 4.39 Å². The second kappa shape index (κ2) is 8.92. The molecule has 0 heterocycles. The van der Waals surface area contributed by atoms with Crippen LogP contribution in [0.2, 0.25) is 0 Å². The molecule has 0 bridgehead atoms. The summed E-state index contributed by atoms with van der Waals surface area (Å²) in [5.41, 5.74) is -3.51. The Hall–Kier alpha value is -3.30. The second-order valence-electron chi connectivity index (χ2n) is 7.15. The van der Waals surface area contributed by atoms with Crippen LogP contribution in [0.15, 0.2) is 48.5 Å². The van der Waals surface area contributed by atoms with Crippen molar-refractivity contribution >= 4 is 0 Å². The van der Waals surface area contributed by atoms with E-state index in [0.29, 0.717) is 12.5 Å². The molecule has 1 N–H and O–H groups in total. The molecule has 3 aromatic carbocycles. The number of aryl methyl sites for hydroxylation is 1. The summed E-state index contributed by atoms with van der Waals surface area (Å²) >= 11 is 0. The van der Waals surface area contributed by atoms with Gasteiger partial charge in [-0.2, -0.15) is 22.0 Å². The minimum Gasteiger partial charge on any atom is -0.507 e. The van der Waals surface area contributed by atoms with Crippen LogP contribution in [0.25, 0.3) is 11.1 Å². The van der Waals surface area contributed by atoms with E-state index in [2.05, 4.69) is 4.74 Å². The normalized spacial score (nSPS) is 12.2. The standard InChI is InChI=1S/C23H16F8O2/c1-2-3-12-4-6-13(7-5-12)19-18(32)11-17(25)20(21(19)26)23(30,31)33-14-8-9-15(16(24)10-14)22(27,28)29/h4-11,32H,2-3H2,1H3. The van der Waals surface area contributed by atoms with Gasteiger partial charge < -0.3 is 9.84 Å². The maximum Gasteiger partial charge on any atom is 0.432 e. The van der Waals surface area contributed by atoms with Crippen LogP contribution in [0, 0.1) is 17.5 Å². The Morgan fingerprint density at radius 3 is 2.03 bits per heavy atom. The van der Waals surface area contributed by atoms with E-state index in [1.165, 1.54) is 12.1 Å². The average molecular weight is 476 g/mol. The Bertz CT molecular complexity index is 1150. The number of hydrogen-bond donors (Lipinski definition) is 1. The summed E-state index contributed by atoms with van der Waals surface area (Å²) in [6.45, 7) is 1.93. The van der Waals surface area contributed by atoms with Gasteiger partial charge in [-0.1, -0.05) is 37.6 Å². The first-order chi connectivity index (χ1) is 15.3. The molecule has 33 heavy (non-hydrogen) atoms. The fraction of sp³-hybridized carbons (Fsp3) is 0.217. The predicted octanol–water partition coefficient (Wildman–Crippen LogP) is 7.58. The topological polar surface area (TPSA) is 29.5 Å². The maximum atomic E-state index is 15.0. The van der Waals surface area contributed by atoms with Crippen molar-refractivity contribution in [1.82, 2.24) is 0 Å². The van der Waals surface area contributed by atoms with Gasteiger partial charge in [0.2, 0.25) is 0 Å². The van der Waals surface area contributed by atoms with Gasteiger partial charge in [-0.3, -0.25) is 0 Å². The monoisotopic (exact) mass is 476 g/mol. The van der Waals surface area contributed by atoms with Crippen LogP contribution in [0.4, 0.5) is 35.1 Å². The van der Waals surface area contributed by atoms with Crippen molar-refractivity contribution in [2.45, 2.75) is 32.1 Å². The van der Waals surface area contributed by atoms with Crippen LogP contribution in [-0.4, -0.2) is 5.11 Å². The summed E-state index contributed by atoms with van der Waals surface area (Å²) in [6.07, 6.45) is -8.33. The number of ether oxygens (including phenoxy) is 1. The Balaban J connectivity index is 2.03. The summed E-state index contributed by atoms with van der Waals surface area (Å²) < 4.78 is 115. The number of aromatic hydroxyl groups is 1. The third-order valence-electron chi connectivity index (χ3n) is 4.76. The van der Waals surface area contributed by atoms with Gasteiger partial charge in [0.05, 0.1) is 11.1 Å². The lowest BCUT2D eigenvalue weighted by atomic mass is 9.98. The first-order valence-electron chi connectivity index (χ1n) is 9.59. The number of phenolic OH excluding ortho intramolecular Hbond substituents is 1. The summed E-state index contributed by atoms with van der Waals surface area (Å²) in [4.78, 5) is 0. The molecule has 0 unspecified atom stereocenters. The lowest BCUT2D eigenvalue weighted by Crippen LogP contribution is -2.25. The Morgan fingerprint density at radius 1 is 0.848 bits per heavy atom. The third kappa shape index (κ3) is 5.04. The summed E-state index contributed by atoms with van der Waals surface area (Å²) in [5, 5.41) is 10.00. The molecular formula is C23H16F8O2. The van der Waals surface area contributed by atoms with Crippen molar-refractivity contribution in [2.24, 2.45) is 0 Å². The van der Waals surface area contributed by atoms with Gasteiger partial charge in [0.25, 0.3) is 0 Å². The molecule has 0 aliphatic rings.